The van der Waals surface area contributed by atoms with E-state index in [1.165, 1.54) is 4.68 Å². The van der Waals surface area contributed by atoms with Gasteiger partial charge in [0.05, 0.1) is 4.92 Å². The average molecular weight is 214 g/mol. The quantitative estimate of drug-likeness (QED) is 0.567. The molecule has 0 aliphatic heterocycles. The molecule has 7 nitrogen and oxygen atoms in total. The van der Waals surface area contributed by atoms with Crippen LogP contribution >= 0.6 is 0 Å². The lowest BCUT2D eigenvalue weighted by Crippen LogP contribution is -2.13. The Hall–Kier alpha value is -1.63. The van der Waals surface area contributed by atoms with Gasteiger partial charge < -0.3 is 10.5 Å². The zero-order chi connectivity index (χ0) is 11.4. The van der Waals surface area contributed by atoms with Crippen LogP contribution in [0.5, 0.6) is 5.88 Å². The topological polar surface area (TPSA) is 96.2 Å². The highest BCUT2D eigenvalue weighted by Gasteiger charge is 2.26. The summed E-state index contributed by atoms with van der Waals surface area (Å²) in [6, 6.07) is 0. The Bertz CT molecular complexity index is 361. The van der Waals surface area contributed by atoms with Crippen molar-refractivity contribution in [2.75, 3.05) is 13.2 Å². The minimum Gasteiger partial charge on any atom is -0.472 e. The van der Waals surface area contributed by atoms with E-state index in [0.717, 1.165) is 0 Å². The fraction of sp³-hybridized carbons (Fsp3) is 0.625. The van der Waals surface area contributed by atoms with Crippen molar-refractivity contribution < 1.29 is 9.66 Å². The highest BCUT2D eigenvalue weighted by molar-refractivity contribution is 5.45. The van der Waals surface area contributed by atoms with E-state index in [9.17, 15) is 10.1 Å². The van der Waals surface area contributed by atoms with Crippen LogP contribution in [0.15, 0.2) is 0 Å². The molecule has 2 N–H and O–H groups in total. The van der Waals surface area contributed by atoms with Crippen LogP contribution in [-0.4, -0.2) is 27.9 Å². The molecule has 0 aromatic carbocycles. The van der Waals surface area contributed by atoms with Gasteiger partial charge in [0, 0.05) is 13.1 Å². The lowest BCUT2D eigenvalue weighted by atomic mass is 10.4. The number of aromatic nitrogens is 2. The Balaban J connectivity index is 3.11. The van der Waals surface area contributed by atoms with E-state index in [1.54, 1.807) is 6.92 Å². The number of aryl methyl sites for hydroxylation is 2. The van der Waals surface area contributed by atoms with Crippen LogP contribution in [-0.2, 0) is 6.54 Å². The van der Waals surface area contributed by atoms with E-state index in [0.29, 0.717) is 18.8 Å². The molecule has 1 aromatic rings. The molecule has 0 bridgehead atoms. The molecule has 0 aliphatic carbocycles. The normalized spacial score (nSPS) is 10.3. The third-order valence-corrected chi connectivity index (χ3v) is 1.89. The molecule has 0 saturated carbocycles. The second-order valence-corrected chi connectivity index (χ2v) is 2.95. The number of hydrogen-bond donors (Lipinski definition) is 1. The number of nitro groups is 1. The van der Waals surface area contributed by atoms with Crippen molar-refractivity contribution in [1.29, 1.82) is 0 Å². The predicted molar refractivity (Wildman–Crippen MR) is 53.8 cm³/mol. The average Bonchev–Trinajstić information content (AvgIpc) is 2.51. The van der Waals surface area contributed by atoms with Crippen molar-refractivity contribution in [2.45, 2.75) is 20.4 Å². The van der Waals surface area contributed by atoms with Gasteiger partial charge in [-0.05, 0) is 13.8 Å². The molecule has 1 aromatic heterocycles. The Morgan fingerprint density at radius 2 is 2.33 bits per heavy atom. The number of rotatable bonds is 5. The summed E-state index contributed by atoms with van der Waals surface area (Å²) in [6.07, 6.45) is 0. The van der Waals surface area contributed by atoms with Crippen molar-refractivity contribution in [2.24, 2.45) is 5.73 Å². The van der Waals surface area contributed by atoms with Gasteiger partial charge in [0.2, 0.25) is 0 Å². The summed E-state index contributed by atoms with van der Waals surface area (Å²) in [5.74, 6) is 0.186. The molecular weight excluding hydrogens is 200 g/mol. The molecule has 0 radical (unpaired) electrons. The van der Waals surface area contributed by atoms with Crippen LogP contribution in [0.1, 0.15) is 12.6 Å². The van der Waals surface area contributed by atoms with Crippen LogP contribution in [0.25, 0.3) is 0 Å². The van der Waals surface area contributed by atoms with E-state index in [4.69, 9.17) is 10.5 Å². The Morgan fingerprint density at radius 1 is 1.67 bits per heavy atom. The van der Waals surface area contributed by atoms with Gasteiger partial charge in [-0.2, -0.15) is 5.10 Å². The number of hydrogen-bond acceptors (Lipinski definition) is 5. The minimum atomic E-state index is -0.486. The lowest BCUT2D eigenvalue weighted by Gasteiger charge is -2.04. The predicted octanol–water partition coefficient (Wildman–Crippen LogP) is 0.457. The van der Waals surface area contributed by atoms with E-state index >= 15 is 0 Å². The maximum atomic E-state index is 10.8. The second kappa shape index (κ2) is 4.74. The first kappa shape index (κ1) is 11.4. The first-order valence-electron chi connectivity index (χ1n) is 4.66. The maximum absolute atomic E-state index is 10.8. The molecule has 0 amide bonds. The summed E-state index contributed by atoms with van der Waals surface area (Å²) in [5, 5.41) is 14.8. The number of ether oxygens (including phenoxy) is 1. The molecule has 1 heterocycles. The van der Waals surface area contributed by atoms with Gasteiger partial charge in [0.15, 0.2) is 0 Å². The zero-order valence-electron chi connectivity index (χ0n) is 8.77. The number of nitrogens with two attached hydrogens (primary N) is 1. The van der Waals surface area contributed by atoms with Crippen LogP contribution in [0.2, 0.25) is 0 Å². The van der Waals surface area contributed by atoms with E-state index in [-0.39, 0.29) is 18.2 Å². The van der Waals surface area contributed by atoms with Gasteiger partial charge in [0.1, 0.15) is 12.3 Å². The Labute approximate surface area is 87.0 Å². The van der Waals surface area contributed by atoms with Gasteiger partial charge in [-0.3, -0.25) is 10.1 Å². The van der Waals surface area contributed by atoms with Gasteiger partial charge in [0.25, 0.3) is 5.88 Å². The Morgan fingerprint density at radius 3 is 2.80 bits per heavy atom. The van der Waals surface area contributed by atoms with E-state index in [1.807, 2.05) is 6.92 Å². The van der Waals surface area contributed by atoms with Crippen molar-refractivity contribution in [3.63, 3.8) is 0 Å². The monoisotopic (exact) mass is 214 g/mol. The van der Waals surface area contributed by atoms with Gasteiger partial charge >= 0.3 is 5.69 Å². The first-order valence-corrected chi connectivity index (χ1v) is 4.66. The largest absolute Gasteiger partial charge is 0.472 e. The lowest BCUT2D eigenvalue weighted by molar-refractivity contribution is -0.386. The molecule has 0 unspecified atom stereocenters. The summed E-state index contributed by atoms with van der Waals surface area (Å²) in [4.78, 5) is 10.3. The van der Waals surface area contributed by atoms with Crippen LogP contribution in [0.3, 0.4) is 0 Å². The van der Waals surface area contributed by atoms with E-state index < -0.39 is 4.92 Å². The molecule has 0 aliphatic rings. The SMILES string of the molecule is CCn1nc(C)c([N+](=O)[O-])c1OCCN. The molecule has 0 atom stereocenters. The van der Waals surface area contributed by atoms with Crippen LogP contribution in [0.4, 0.5) is 5.69 Å². The van der Waals surface area contributed by atoms with Crippen molar-refractivity contribution >= 4 is 5.69 Å². The van der Waals surface area contributed by atoms with E-state index in [2.05, 4.69) is 5.10 Å². The van der Waals surface area contributed by atoms with Crippen molar-refractivity contribution in [3.05, 3.63) is 15.8 Å². The van der Waals surface area contributed by atoms with Gasteiger partial charge in [-0.15, -0.1) is 0 Å². The smallest absolute Gasteiger partial charge is 0.353 e. The molecule has 0 spiro atoms. The van der Waals surface area contributed by atoms with Crippen LogP contribution in [0, 0.1) is 17.0 Å². The summed E-state index contributed by atoms with van der Waals surface area (Å²) in [5.41, 5.74) is 5.55. The highest BCUT2D eigenvalue weighted by atomic mass is 16.6. The fourth-order valence-corrected chi connectivity index (χ4v) is 1.27. The molecular formula is C8H14N4O3. The summed E-state index contributed by atoms with van der Waals surface area (Å²) in [7, 11) is 0. The highest BCUT2D eigenvalue weighted by Crippen LogP contribution is 2.30. The molecule has 15 heavy (non-hydrogen) atoms. The second-order valence-electron chi connectivity index (χ2n) is 2.95. The number of nitrogens with zero attached hydrogens (tertiary/aromatic N) is 3. The molecule has 7 heteroatoms. The first-order chi connectivity index (χ1) is 7.11. The summed E-state index contributed by atoms with van der Waals surface area (Å²) in [6.45, 7) is 4.50. The minimum absolute atomic E-state index is 0.0784. The van der Waals surface area contributed by atoms with Crippen molar-refractivity contribution in [1.82, 2.24) is 9.78 Å². The van der Waals surface area contributed by atoms with Gasteiger partial charge in [-0.1, -0.05) is 0 Å². The molecule has 84 valence electrons. The van der Waals surface area contributed by atoms with Gasteiger partial charge in [-0.25, -0.2) is 4.68 Å². The third-order valence-electron chi connectivity index (χ3n) is 1.89. The molecule has 1 rings (SSSR count). The Kier molecular flexibility index (Phi) is 3.62. The summed E-state index contributed by atoms with van der Waals surface area (Å²) >= 11 is 0. The third kappa shape index (κ3) is 2.24. The maximum Gasteiger partial charge on any atom is 0.353 e. The summed E-state index contributed by atoms with van der Waals surface area (Å²) < 4.78 is 6.69. The standard InChI is InChI=1S/C8H14N4O3/c1-3-11-8(15-5-4-9)7(12(13)14)6(2)10-11/h3-5,9H2,1-2H3. The van der Waals surface area contributed by atoms with Crippen molar-refractivity contribution in [3.8, 4) is 5.88 Å². The molecule has 0 fully saturated rings. The van der Waals surface area contributed by atoms with Crippen LogP contribution < -0.4 is 10.5 Å². The zero-order valence-corrected chi connectivity index (χ0v) is 8.77. The fourth-order valence-electron chi connectivity index (χ4n) is 1.27. The molecule has 0 saturated heterocycles.